The number of rotatable bonds is 7. The van der Waals surface area contributed by atoms with E-state index in [4.69, 9.17) is 9.47 Å². The molecule has 0 radical (unpaired) electrons. The van der Waals surface area contributed by atoms with E-state index >= 15 is 0 Å². The maximum atomic E-state index is 12.7. The van der Waals surface area contributed by atoms with Crippen LogP contribution in [0.1, 0.15) is 36.6 Å². The van der Waals surface area contributed by atoms with Crippen LogP contribution >= 0.6 is 0 Å². The van der Waals surface area contributed by atoms with Gasteiger partial charge in [-0.1, -0.05) is 26.0 Å². The highest BCUT2D eigenvalue weighted by Gasteiger charge is 2.33. The highest BCUT2D eigenvalue weighted by atomic mass is 32.2. The van der Waals surface area contributed by atoms with E-state index in [1.165, 1.54) is 5.56 Å². The molecule has 0 spiro atoms. The first-order chi connectivity index (χ1) is 15.3. The minimum Gasteiger partial charge on any atom is -0.497 e. The summed E-state index contributed by atoms with van der Waals surface area (Å²) in [7, 11) is -1.70. The van der Waals surface area contributed by atoms with E-state index in [0.29, 0.717) is 40.2 Å². The van der Waals surface area contributed by atoms with Crippen molar-refractivity contribution in [3.63, 3.8) is 0 Å². The fourth-order valence-corrected chi connectivity index (χ4v) is 5.04. The quantitative estimate of drug-likeness (QED) is 0.586. The number of amides is 1. The van der Waals surface area contributed by atoms with Crippen molar-refractivity contribution in [3.05, 3.63) is 65.4 Å². The molecule has 3 aromatic rings. The number of sulfone groups is 1. The average Bonchev–Trinajstić information content (AvgIpc) is 3.25. The summed E-state index contributed by atoms with van der Waals surface area (Å²) in [5.74, 6) is 1.30. The van der Waals surface area contributed by atoms with Gasteiger partial charge in [0.25, 0.3) is 5.91 Å². The van der Waals surface area contributed by atoms with Gasteiger partial charge in [-0.15, -0.1) is 0 Å². The Kier molecular flexibility index (Phi) is 5.92. The number of hydrogen-bond donors (Lipinski definition) is 1. The van der Waals surface area contributed by atoms with Gasteiger partial charge in [0.2, 0.25) is 0 Å². The minimum absolute atomic E-state index is 0.146. The molecule has 168 valence electrons. The summed E-state index contributed by atoms with van der Waals surface area (Å²) in [4.78, 5) is 12.7. The van der Waals surface area contributed by atoms with Crippen molar-refractivity contribution in [2.45, 2.75) is 31.3 Å². The molecule has 8 nitrogen and oxygen atoms in total. The topological polar surface area (TPSA) is 99.5 Å². The summed E-state index contributed by atoms with van der Waals surface area (Å²) >= 11 is 0. The van der Waals surface area contributed by atoms with Gasteiger partial charge in [0.1, 0.15) is 17.3 Å². The second-order valence-electron chi connectivity index (χ2n) is 7.98. The predicted molar refractivity (Wildman–Crippen MR) is 121 cm³/mol. The molecule has 2 aromatic carbocycles. The molecule has 4 rings (SSSR count). The van der Waals surface area contributed by atoms with Gasteiger partial charge in [0.05, 0.1) is 30.0 Å². The number of aromatic nitrogens is 2. The van der Waals surface area contributed by atoms with E-state index in [1.54, 1.807) is 36.1 Å². The molecule has 0 aliphatic carbocycles. The average molecular weight is 456 g/mol. The number of carbonyl (C=O) groups is 1. The summed E-state index contributed by atoms with van der Waals surface area (Å²) in [5, 5.41) is 7.25. The molecule has 2 heterocycles. The number of nitrogens with zero attached hydrogens (tertiary/aromatic N) is 2. The smallest absolute Gasteiger partial charge is 0.263 e. The number of methoxy groups -OCH3 is 1. The number of anilines is 1. The first-order valence-corrected chi connectivity index (χ1v) is 12.1. The van der Waals surface area contributed by atoms with Crippen LogP contribution in [0.2, 0.25) is 0 Å². The van der Waals surface area contributed by atoms with Gasteiger partial charge in [-0.3, -0.25) is 4.79 Å². The highest BCUT2D eigenvalue weighted by molar-refractivity contribution is 7.90. The molecule has 32 heavy (non-hydrogen) atoms. The van der Waals surface area contributed by atoms with E-state index in [1.807, 2.05) is 24.3 Å². The zero-order chi connectivity index (χ0) is 22.9. The molecule has 1 N–H and O–H groups in total. The zero-order valence-electron chi connectivity index (χ0n) is 18.2. The Morgan fingerprint density at radius 1 is 1.06 bits per heavy atom. The molecular formula is C23H25N3O5S. The Morgan fingerprint density at radius 2 is 1.72 bits per heavy atom. The normalized spacial score (nSPS) is 14.2. The number of nitrogens with one attached hydrogen (secondary N) is 1. The lowest BCUT2D eigenvalue weighted by atomic mass is 10.0. The summed E-state index contributed by atoms with van der Waals surface area (Å²) in [6.07, 6.45) is 0. The number of benzene rings is 2. The second kappa shape index (κ2) is 8.66. The largest absolute Gasteiger partial charge is 0.497 e. The Bertz CT molecular complexity index is 1230. The van der Waals surface area contributed by atoms with E-state index in [9.17, 15) is 13.2 Å². The van der Waals surface area contributed by atoms with Crippen LogP contribution in [0.3, 0.4) is 0 Å². The van der Waals surface area contributed by atoms with Gasteiger partial charge >= 0.3 is 0 Å². The molecule has 1 aliphatic rings. The van der Waals surface area contributed by atoms with Crippen LogP contribution in [0.15, 0.2) is 48.5 Å². The fourth-order valence-electron chi connectivity index (χ4n) is 3.55. The Hall–Kier alpha value is -3.33. The van der Waals surface area contributed by atoms with Crippen molar-refractivity contribution in [2.75, 3.05) is 19.0 Å². The van der Waals surface area contributed by atoms with Gasteiger partial charge in [0.15, 0.2) is 16.4 Å². The molecule has 0 bridgehead atoms. The summed E-state index contributed by atoms with van der Waals surface area (Å²) in [5.41, 5.74) is 2.82. The molecule has 1 amide bonds. The van der Waals surface area contributed by atoms with Crippen molar-refractivity contribution >= 4 is 21.6 Å². The summed E-state index contributed by atoms with van der Waals surface area (Å²) in [6, 6.07) is 14.7. The van der Waals surface area contributed by atoms with E-state index in [2.05, 4.69) is 24.3 Å². The Morgan fingerprint density at radius 3 is 2.34 bits per heavy atom. The van der Waals surface area contributed by atoms with E-state index < -0.39 is 15.7 Å². The zero-order valence-corrected chi connectivity index (χ0v) is 19.0. The Balaban J connectivity index is 1.54. The van der Waals surface area contributed by atoms with Crippen molar-refractivity contribution in [3.8, 4) is 17.2 Å². The number of fused-ring (bicyclic) bond motifs is 1. The van der Waals surface area contributed by atoms with E-state index in [-0.39, 0.29) is 18.1 Å². The maximum Gasteiger partial charge on any atom is 0.263 e. The van der Waals surface area contributed by atoms with Crippen molar-refractivity contribution < 1.29 is 22.7 Å². The van der Waals surface area contributed by atoms with Crippen LogP contribution in [-0.2, 0) is 26.1 Å². The van der Waals surface area contributed by atoms with Gasteiger partial charge in [-0.05, 0) is 47.9 Å². The van der Waals surface area contributed by atoms with E-state index in [0.717, 1.165) is 0 Å². The van der Waals surface area contributed by atoms with Crippen molar-refractivity contribution in [2.24, 2.45) is 0 Å². The van der Waals surface area contributed by atoms with Crippen LogP contribution in [0, 0.1) is 0 Å². The first kappa shape index (κ1) is 21.9. The number of carbonyl (C=O) groups excluding carboxylic acids is 1. The second-order valence-corrected chi connectivity index (χ2v) is 10.0. The lowest BCUT2D eigenvalue weighted by Gasteiger charge is -2.12. The number of hydrogen-bond acceptors (Lipinski definition) is 6. The molecule has 9 heteroatoms. The number of ether oxygens (including phenoxy) is 2. The maximum absolute atomic E-state index is 12.7. The molecule has 0 atom stereocenters. The van der Waals surface area contributed by atoms with Gasteiger partial charge in [0, 0.05) is 5.56 Å². The van der Waals surface area contributed by atoms with Gasteiger partial charge in [-0.25, -0.2) is 13.1 Å². The molecule has 1 aliphatic heterocycles. The molecular weight excluding hydrogens is 430 g/mol. The molecule has 0 saturated carbocycles. The van der Waals surface area contributed by atoms with Crippen LogP contribution in [0.5, 0.6) is 11.5 Å². The fraction of sp³-hybridized carbons (Fsp3) is 0.304. The summed E-state index contributed by atoms with van der Waals surface area (Å²) < 4.78 is 36.5. The molecule has 0 unspecified atom stereocenters. The lowest BCUT2D eigenvalue weighted by molar-refractivity contribution is -0.118. The van der Waals surface area contributed by atoms with Crippen LogP contribution < -0.4 is 14.8 Å². The third kappa shape index (κ3) is 4.62. The molecule has 1 aromatic heterocycles. The van der Waals surface area contributed by atoms with Crippen molar-refractivity contribution in [1.29, 1.82) is 0 Å². The molecule has 0 fully saturated rings. The van der Waals surface area contributed by atoms with Gasteiger partial charge in [-0.2, -0.15) is 5.10 Å². The van der Waals surface area contributed by atoms with Crippen LogP contribution in [0.25, 0.3) is 5.69 Å². The van der Waals surface area contributed by atoms with Crippen LogP contribution in [-0.4, -0.2) is 37.8 Å². The Labute approximate surface area is 187 Å². The van der Waals surface area contributed by atoms with Crippen molar-refractivity contribution in [1.82, 2.24) is 9.78 Å². The van der Waals surface area contributed by atoms with Crippen LogP contribution in [0.4, 0.5) is 5.82 Å². The predicted octanol–water partition coefficient (Wildman–Crippen LogP) is 3.45. The monoisotopic (exact) mass is 455 g/mol. The third-order valence-electron chi connectivity index (χ3n) is 5.28. The standard InChI is InChI=1S/C23H25N3O5S/c1-15(2)16-4-8-19(9-5-16)31-12-22(27)24-23-20-13-32(28,29)14-21(20)25-26(23)17-6-10-18(30-3)11-7-17/h4-11,15H,12-14H2,1-3H3,(H,24,27). The SMILES string of the molecule is COc1ccc(-n2nc3c(c2NC(=O)COc2ccc(C(C)C)cc2)CS(=O)(=O)C3)cc1. The van der Waals surface area contributed by atoms with Gasteiger partial charge < -0.3 is 14.8 Å². The third-order valence-corrected chi connectivity index (χ3v) is 6.72. The lowest BCUT2D eigenvalue weighted by Crippen LogP contribution is -2.22. The first-order valence-electron chi connectivity index (χ1n) is 10.2. The minimum atomic E-state index is -3.27. The molecule has 0 saturated heterocycles. The highest BCUT2D eigenvalue weighted by Crippen LogP contribution is 2.33. The summed E-state index contributed by atoms with van der Waals surface area (Å²) in [6.45, 7) is 4.00.